The molecule has 7 nitrogen and oxygen atoms in total. The summed E-state index contributed by atoms with van der Waals surface area (Å²) in [7, 11) is 0. The SMILES string of the molecule is CCN1c2cc(F)c(/C=C3/NC(=O)N(CC(=O)Nc4ccc(Cl)cc4)C3=O)cc2C(C)=CC1(C)C. The Labute approximate surface area is 208 Å². The van der Waals surface area contributed by atoms with Crippen LogP contribution in [0, 0.1) is 5.82 Å². The van der Waals surface area contributed by atoms with Crippen LogP contribution in [0.5, 0.6) is 0 Å². The smallest absolute Gasteiger partial charge is 0.329 e. The number of urea groups is 1. The number of anilines is 2. The maximum Gasteiger partial charge on any atom is 0.329 e. The zero-order chi connectivity index (χ0) is 25.5. The van der Waals surface area contributed by atoms with E-state index in [1.807, 2.05) is 13.8 Å². The van der Waals surface area contributed by atoms with E-state index < -0.39 is 30.2 Å². The molecule has 0 bridgehead atoms. The lowest BCUT2D eigenvalue weighted by atomic mass is 9.88. The number of imide groups is 1. The number of halogens is 2. The Hall–Kier alpha value is -3.65. The van der Waals surface area contributed by atoms with Gasteiger partial charge < -0.3 is 15.5 Å². The molecular weight excluding hydrogens is 471 g/mol. The standard InChI is InChI=1S/C26H26ClFN4O3/c1-5-32-22-12-20(28)16(10-19(22)15(2)13-26(32,3)4)11-21-24(34)31(25(35)30-21)14-23(33)29-18-8-6-17(27)7-9-18/h6-13H,5,14H2,1-4H3,(H,29,33)(H,30,35)/b21-11+. The summed E-state index contributed by atoms with van der Waals surface area (Å²) in [6, 6.07) is 8.81. The van der Waals surface area contributed by atoms with Crippen molar-refractivity contribution < 1.29 is 18.8 Å². The monoisotopic (exact) mass is 496 g/mol. The van der Waals surface area contributed by atoms with E-state index in [9.17, 15) is 14.4 Å². The summed E-state index contributed by atoms with van der Waals surface area (Å²) in [5, 5.41) is 5.56. The minimum absolute atomic E-state index is 0.0988. The van der Waals surface area contributed by atoms with E-state index >= 15 is 4.39 Å². The van der Waals surface area contributed by atoms with Crippen molar-refractivity contribution in [2.45, 2.75) is 33.2 Å². The van der Waals surface area contributed by atoms with Gasteiger partial charge in [-0.15, -0.1) is 0 Å². The maximum absolute atomic E-state index is 15.1. The number of nitrogens with zero attached hydrogens (tertiary/aromatic N) is 2. The summed E-state index contributed by atoms with van der Waals surface area (Å²) >= 11 is 5.83. The van der Waals surface area contributed by atoms with Crippen LogP contribution >= 0.6 is 11.6 Å². The largest absolute Gasteiger partial charge is 0.363 e. The third-order valence-corrected chi connectivity index (χ3v) is 6.36. The van der Waals surface area contributed by atoms with Gasteiger partial charge in [0.2, 0.25) is 5.91 Å². The number of amides is 4. The highest BCUT2D eigenvalue weighted by molar-refractivity contribution is 6.30. The molecule has 2 aliphatic heterocycles. The average molecular weight is 497 g/mol. The molecule has 4 rings (SSSR count). The number of nitrogens with one attached hydrogen (secondary N) is 2. The van der Waals surface area contributed by atoms with Gasteiger partial charge in [0.05, 0.1) is 5.54 Å². The molecule has 9 heteroatoms. The second-order valence-corrected chi connectivity index (χ2v) is 9.49. The maximum atomic E-state index is 15.1. The molecule has 0 unspecified atom stereocenters. The molecule has 0 aromatic heterocycles. The van der Waals surface area contributed by atoms with Gasteiger partial charge in [-0.3, -0.25) is 9.59 Å². The number of likely N-dealkylation sites (N-methyl/N-ethyl adjacent to an activating group) is 1. The van der Waals surface area contributed by atoms with Gasteiger partial charge in [-0.25, -0.2) is 14.1 Å². The van der Waals surface area contributed by atoms with Crippen molar-refractivity contribution in [3.05, 3.63) is 70.1 Å². The van der Waals surface area contributed by atoms with Crippen molar-refractivity contribution in [1.82, 2.24) is 10.2 Å². The first-order valence-electron chi connectivity index (χ1n) is 11.2. The number of hydrogen-bond donors (Lipinski definition) is 2. The third kappa shape index (κ3) is 4.79. The van der Waals surface area contributed by atoms with E-state index in [2.05, 4.69) is 35.5 Å². The molecule has 0 atom stereocenters. The number of benzene rings is 2. The molecule has 0 radical (unpaired) electrons. The molecule has 35 heavy (non-hydrogen) atoms. The summed E-state index contributed by atoms with van der Waals surface area (Å²) in [5.41, 5.74) is 2.92. The molecular formula is C26H26ClFN4O3. The third-order valence-electron chi connectivity index (χ3n) is 6.10. The summed E-state index contributed by atoms with van der Waals surface area (Å²) in [5.74, 6) is -1.77. The van der Waals surface area contributed by atoms with Crippen LogP contribution in [-0.2, 0) is 9.59 Å². The summed E-state index contributed by atoms with van der Waals surface area (Å²) in [6.07, 6.45) is 3.42. The number of carbonyl (C=O) groups excluding carboxylic acids is 3. The number of carbonyl (C=O) groups is 3. The lowest BCUT2D eigenvalue weighted by Crippen LogP contribution is -2.45. The minimum atomic E-state index is -0.749. The van der Waals surface area contributed by atoms with E-state index in [4.69, 9.17) is 11.6 Å². The zero-order valence-electron chi connectivity index (χ0n) is 19.9. The Bertz CT molecular complexity index is 1280. The molecule has 4 amide bonds. The van der Waals surface area contributed by atoms with Gasteiger partial charge in [0.1, 0.15) is 18.1 Å². The Kier molecular flexibility index (Phi) is 6.42. The first kappa shape index (κ1) is 24.5. The molecule has 2 N–H and O–H groups in total. The van der Waals surface area contributed by atoms with Gasteiger partial charge in [-0.2, -0.15) is 0 Å². The van der Waals surface area contributed by atoms with Gasteiger partial charge in [0.15, 0.2) is 0 Å². The predicted octanol–water partition coefficient (Wildman–Crippen LogP) is 5.03. The number of hydrogen-bond acceptors (Lipinski definition) is 4. The molecule has 2 heterocycles. The Morgan fingerprint density at radius 1 is 1.20 bits per heavy atom. The Balaban J connectivity index is 1.56. The predicted molar refractivity (Wildman–Crippen MR) is 135 cm³/mol. The molecule has 0 aliphatic carbocycles. The van der Waals surface area contributed by atoms with Crippen LogP contribution < -0.4 is 15.5 Å². The second kappa shape index (κ2) is 9.19. The lowest BCUT2D eigenvalue weighted by Gasteiger charge is -2.42. The highest BCUT2D eigenvalue weighted by Gasteiger charge is 2.36. The second-order valence-electron chi connectivity index (χ2n) is 9.05. The van der Waals surface area contributed by atoms with Crippen LogP contribution in [0.3, 0.4) is 0 Å². The minimum Gasteiger partial charge on any atom is -0.363 e. The number of rotatable bonds is 5. The first-order chi connectivity index (χ1) is 16.5. The van der Waals surface area contributed by atoms with Crippen molar-refractivity contribution in [3.63, 3.8) is 0 Å². The van der Waals surface area contributed by atoms with Crippen LogP contribution in [0.1, 0.15) is 38.8 Å². The summed E-state index contributed by atoms with van der Waals surface area (Å²) in [4.78, 5) is 40.5. The van der Waals surface area contributed by atoms with Crippen LogP contribution in [0.25, 0.3) is 11.6 Å². The van der Waals surface area contributed by atoms with Gasteiger partial charge in [-0.1, -0.05) is 17.7 Å². The van der Waals surface area contributed by atoms with Crippen molar-refractivity contribution in [1.29, 1.82) is 0 Å². The van der Waals surface area contributed by atoms with Gasteiger partial charge in [0.25, 0.3) is 5.91 Å². The molecule has 1 saturated heterocycles. The van der Waals surface area contributed by atoms with Crippen molar-refractivity contribution in [3.8, 4) is 0 Å². The fraction of sp³-hybridized carbons (Fsp3) is 0.269. The van der Waals surface area contributed by atoms with Crippen molar-refractivity contribution in [2.75, 3.05) is 23.3 Å². The van der Waals surface area contributed by atoms with Crippen LogP contribution in [0.4, 0.5) is 20.6 Å². The van der Waals surface area contributed by atoms with E-state index in [-0.39, 0.29) is 16.8 Å². The van der Waals surface area contributed by atoms with Crippen LogP contribution in [0.2, 0.25) is 5.02 Å². The van der Waals surface area contributed by atoms with Crippen LogP contribution in [0.15, 0.2) is 48.2 Å². The Morgan fingerprint density at radius 2 is 1.89 bits per heavy atom. The molecule has 2 aromatic carbocycles. The fourth-order valence-electron chi connectivity index (χ4n) is 4.55. The highest BCUT2D eigenvalue weighted by atomic mass is 35.5. The first-order valence-corrected chi connectivity index (χ1v) is 11.6. The number of allylic oxidation sites excluding steroid dienone is 1. The topological polar surface area (TPSA) is 81.8 Å². The van der Waals surface area contributed by atoms with Gasteiger partial charge in [0, 0.05) is 34.1 Å². The zero-order valence-corrected chi connectivity index (χ0v) is 20.7. The normalized spacial score (nSPS) is 17.9. The molecule has 0 spiro atoms. The molecule has 0 saturated carbocycles. The number of fused-ring (bicyclic) bond motifs is 1. The molecule has 1 fully saturated rings. The van der Waals surface area contributed by atoms with Crippen molar-refractivity contribution in [2.24, 2.45) is 0 Å². The highest BCUT2D eigenvalue weighted by Crippen LogP contribution is 2.40. The van der Waals surface area contributed by atoms with E-state index in [0.717, 1.165) is 21.7 Å². The fourth-order valence-corrected chi connectivity index (χ4v) is 4.68. The van der Waals surface area contributed by atoms with Gasteiger partial charge in [-0.05, 0) is 75.7 Å². The van der Waals surface area contributed by atoms with Crippen molar-refractivity contribution >= 4 is 52.5 Å². The van der Waals surface area contributed by atoms with Gasteiger partial charge >= 0.3 is 6.03 Å². The van der Waals surface area contributed by atoms with Crippen LogP contribution in [-0.4, -0.2) is 41.4 Å². The molecule has 2 aromatic rings. The summed E-state index contributed by atoms with van der Waals surface area (Å²) in [6.45, 7) is 8.33. The molecule has 2 aliphatic rings. The lowest BCUT2D eigenvalue weighted by molar-refractivity contribution is -0.127. The summed E-state index contributed by atoms with van der Waals surface area (Å²) < 4.78 is 15.1. The Morgan fingerprint density at radius 3 is 2.54 bits per heavy atom. The van der Waals surface area contributed by atoms with E-state index in [0.29, 0.717) is 17.3 Å². The van der Waals surface area contributed by atoms with E-state index in [1.165, 1.54) is 12.1 Å². The quantitative estimate of drug-likeness (QED) is 0.449. The molecule has 182 valence electrons. The average Bonchev–Trinajstić information content (AvgIpc) is 3.03. The van der Waals surface area contributed by atoms with E-state index in [1.54, 1.807) is 30.3 Å².